The number of ether oxygens (including phenoxy) is 2. The van der Waals surface area contributed by atoms with Crippen LogP contribution >= 0.6 is 7.60 Å². The van der Waals surface area contributed by atoms with E-state index in [9.17, 15) is 8.96 Å². The second-order valence-electron chi connectivity index (χ2n) is 7.75. The van der Waals surface area contributed by atoms with Crippen molar-refractivity contribution in [1.29, 1.82) is 0 Å². The van der Waals surface area contributed by atoms with Gasteiger partial charge in [0.15, 0.2) is 11.6 Å². The predicted molar refractivity (Wildman–Crippen MR) is 108 cm³/mol. The Balaban J connectivity index is 1.65. The van der Waals surface area contributed by atoms with Gasteiger partial charge in [-0.05, 0) is 61.6 Å². The molecule has 0 aromatic heterocycles. The van der Waals surface area contributed by atoms with Crippen molar-refractivity contribution in [3.63, 3.8) is 0 Å². The summed E-state index contributed by atoms with van der Waals surface area (Å²) in [6.07, 6.45) is 8.07. The molecule has 1 aromatic rings. The average molecular weight is 416 g/mol. The van der Waals surface area contributed by atoms with Gasteiger partial charge in [-0.3, -0.25) is 4.57 Å². The molecule has 0 bridgehead atoms. The maximum atomic E-state index is 14.4. The number of rotatable bonds is 12. The van der Waals surface area contributed by atoms with Gasteiger partial charge in [-0.25, -0.2) is 4.39 Å². The molecule has 5 nitrogen and oxygen atoms in total. The van der Waals surface area contributed by atoms with E-state index in [2.05, 4.69) is 6.92 Å². The number of benzene rings is 1. The maximum absolute atomic E-state index is 14.4. The molecule has 1 fully saturated rings. The standard InChI is InChI=1S/C21H34FO5P/c1-2-5-17-6-8-18(9-7-17)19-10-11-21(20(22)16-19)27-14-3-12-26-13-4-15-28(23,24)25/h10-11,16-18H,2-9,12-15H2,1H3,(H2,23,24,25). The van der Waals surface area contributed by atoms with E-state index in [0.29, 0.717) is 38.6 Å². The first-order valence-electron chi connectivity index (χ1n) is 10.4. The van der Waals surface area contributed by atoms with Gasteiger partial charge in [0.2, 0.25) is 0 Å². The molecule has 0 atom stereocenters. The highest BCUT2D eigenvalue weighted by atomic mass is 31.2. The van der Waals surface area contributed by atoms with Crippen LogP contribution in [-0.2, 0) is 9.30 Å². The van der Waals surface area contributed by atoms with Crippen LogP contribution < -0.4 is 4.74 Å². The molecule has 0 spiro atoms. The molecule has 0 aliphatic heterocycles. The van der Waals surface area contributed by atoms with Crippen molar-refractivity contribution in [3.05, 3.63) is 29.6 Å². The van der Waals surface area contributed by atoms with Gasteiger partial charge >= 0.3 is 7.60 Å². The van der Waals surface area contributed by atoms with Gasteiger partial charge in [-0.1, -0.05) is 25.8 Å². The average Bonchev–Trinajstić information content (AvgIpc) is 2.65. The van der Waals surface area contributed by atoms with Crippen LogP contribution in [0.3, 0.4) is 0 Å². The number of hydrogen-bond donors (Lipinski definition) is 2. The van der Waals surface area contributed by atoms with Gasteiger partial charge in [0.05, 0.1) is 12.8 Å². The zero-order valence-electron chi connectivity index (χ0n) is 16.8. The minimum absolute atomic E-state index is 0.165. The summed E-state index contributed by atoms with van der Waals surface area (Å²) in [5.74, 6) is 1.26. The summed E-state index contributed by atoms with van der Waals surface area (Å²) in [5.41, 5.74) is 1.08. The largest absolute Gasteiger partial charge is 0.490 e. The van der Waals surface area contributed by atoms with Crippen LogP contribution in [0, 0.1) is 11.7 Å². The molecule has 0 amide bonds. The van der Waals surface area contributed by atoms with Gasteiger partial charge in [0.25, 0.3) is 0 Å². The Hall–Kier alpha value is -0.940. The van der Waals surface area contributed by atoms with E-state index >= 15 is 0 Å². The third kappa shape index (κ3) is 8.60. The van der Waals surface area contributed by atoms with Crippen molar-refractivity contribution >= 4 is 7.60 Å². The van der Waals surface area contributed by atoms with E-state index < -0.39 is 7.60 Å². The van der Waals surface area contributed by atoms with Crippen LogP contribution in [0.4, 0.5) is 4.39 Å². The molecule has 28 heavy (non-hydrogen) atoms. The molecule has 7 heteroatoms. The zero-order valence-corrected chi connectivity index (χ0v) is 17.7. The highest BCUT2D eigenvalue weighted by Gasteiger charge is 2.22. The molecule has 0 heterocycles. The zero-order chi connectivity index (χ0) is 20.4. The molecule has 0 saturated heterocycles. The lowest BCUT2D eigenvalue weighted by molar-refractivity contribution is 0.119. The summed E-state index contributed by atoms with van der Waals surface area (Å²) >= 11 is 0. The van der Waals surface area contributed by atoms with Gasteiger partial charge in [-0.2, -0.15) is 0 Å². The fourth-order valence-corrected chi connectivity index (χ4v) is 4.44. The van der Waals surface area contributed by atoms with Crippen LogP contribution in [0.2, 0.25) is 0 Å². The Kier molecular flexibility index (Phi) is 9.93. The Bertz CT molecular complexity index is 625. The molecule has 1 aliphatic rings. The van der Waals surface area contributed by atoms with Gasteiger partial charge < -0.3 is 19.3 Å². The Labute approximate surface area is 167 Å². The van der Waals surface area contributed by atoms with Crippen LogP contribution in [0.15, 0.2) is 18.2 Å². The first kappa shape index (κ1) is 23.3. The normalized spacial score (nSPS) is 20.3. The monoisotopic (exact) mass is 416 g/mol. The summed E-state index contributed by atoms with van der Waals surface area (Å²) in [5, 5.41) is 0. The lowest BCUT2D eigenvalue weighted by atomic mass is 9.77. The second kappa shape index (κ2) is 11.9. The summed E-state index contributed by atoms with van der Waals surface area (Å²) < 4.78 is 35.9. The van der Waals surface area contributed by atoms with Crippen molar-refractivity contribution < 1.29 is 28.2 Å². The predicted octanol–water partition coefficient (Wildman–Crippen LogP) is 5.25. The van der Waals surface area contributed by atoms with E-state index in [-0.39, 0.29) is 17.7 Å². The van der Waals surface area contributed by atoms with E-state index in [4.69, 9.17) is 19.3 Å². The number of halogens is 1. The first-order chi connectivity index (χ1) is 13.4. The van der Waals surface area contributed by atoms with Crippen LogP contribution in [0.25, 0.3) is 0 Å². The molecule has 2 rings (SSSR count). The molecule has 1 aliphatic carbocycles. The fraction of sp³-hybridized carbons (Fsp3) is 0.714. The number of hydrogen-bond acceptors (Lipinski definition) is 3. The van der Waals surface area contributed by atoms with Gasteiger partial charge in [0, 0.05) is 19.6 Å². The molecule has 1 aromatic carbocycles. The lowest BCUT2D eigenvalue weighted by Crippen LogP contribution is -2.13. The van der Waals surface area contributed by atoms with Crippen molar-refractivity contribution in [2.75, 3.05) is 26.0 Å². The SMILES string of the molecule is CCCC1CCC(c2ccc(OCCCOCCCP(=O)(O)O)c(F)c2)CC1. The summed E-state index contributed by atoms with van der Waals surface area (Å²) in [6.45, 7) is 3.30. The second-order valence-corrected chi connectivity index (χ2v) is 9.53. The minimum Gasteiger partial charge on any atom is -0.490 e. The molecule has 2 N–H and O–H groups in total. The highest BCUT2D eigenvalue weighted by molar-refractivity contribution is 7.51. The van der Waals surface area contributed by atoms with Crippen molar-refractivity contribution in [1.82, 2.24) is 0 Å². The fourth-order valence-electron chi connectivity index (χ4n) is 3.90. The Morgan fingerprint density at radius 2 is 1.82 bits per heavy atom. The summed E-state index contributed by atoms with van der Waals surface area (Å²) in [6, 6.07) is 5.34. The third-order valence-corrected chi connectivity index (χ3v) is 6.30. The third-order valence-electron chi connectivity index (χ3n) is 5.40. The minimum atomic E-state index is -3.94. The highest BCUT2D eigenvalue weighted by Crippen LogP contribution is 2.38. The molecule has 0 radical (unpaired) electrons. The Morgan fingerprint density at radius 3 is 2.46 bits per heavy atom. The van der Waals surface area contributed by atoms with Crippen molar-refractivity contribution in [2.24, 2.45) is 5.92 Å². The van der Waals surface area contributed by atoms with Crippen LogP contribution in [0.5, 0.6) is 5.75 Å². The van der Waals surface area contributed by atoms with E-state index in [0.717, 1.165) is 24.3 Å². The topological polar surface area (TPSA) is 76.0 Å². The van der Waals surface area contributed by atoms with Crippen LogP contribution in [0.1, 0.15) is 69.8 Å². The smallest absolute Gasteiger partial charge is 0.325 e. The van der Waals surface area contributed by atoms with E-state index in [1.54, 1.807) is 12.1 Å². The summed E-state index contributed by atoms with van der Waals surface area (Å²) in [7, 11) is -3.94. The van der Waals surface area contributed by atoms with Crippen LogP contribution in [-0.4, -0.2) is 35.8 Å². The van der Waals surface area contributed by atoms with Crippen molar-refractivity contribution in [3.8, 4) is 5.75 Å². The van der Waals surface area contributed by atoms with Gasteiger partial charge in [-0.15, -0.1) is 0 Å². The van der Waals surface area contributed by atoms with E-state index in [1.165, 1.54) is 25.7 Å². The lowest BCUT2D eigenvalue weighted by Gasteiger charge is -2.28. The quantitative estimate of drug-likeness (QED) is 0.359. The van der Waals surface area contributed by atoms with Crippen molar-refractivity contribution in [2.45, 2.75) is 64.2 Å². The molecule has 0 unspecified atom stereocenters. The van der Waals surface area contributed by atoms with Gasteiger partial charge in [0.1, 0.15) is 0 Å². The molecular weight excluding hydrogens is 382 g/mol. The Morgan fingerprint density at radius 1 is 1.11 bits per heavy atom. The molecule has 160 valence electrons. The van der Waals surface area contributed by atoms with E-state index in [1.807, 2.05) is 6.07 Å². The molecular formula is C21H34FO5P. The maximum Gasteiger partial charge on any atom is 0.325 e. The first-order valence-corrected chi connectivity index (χ1v) is 12.2. The summed E-state index contributed by atoms with van der Waals surface area (Å²) in [4.78, 5) is 17.5. The molecule has 1 saturated carbocycles.